The van der Waals surface area contributed by atoms with E-state index in [1.165, 1.54) is 5.56 Å². The highest BCUT2D eigenvalue weighted by molar-refractivity contribution is 7.07. The summed E-state index contributed by atoms with van der Waals surface area (Å²) in [6.45, 7) is 7.27. The van der Waals surface area contributed by atoms with Crippen LogP contribution >= 0.6 is 11.3 Å². The van der Waals surface area contributed by atoms with Crippen molar-refractivity contribution in [3.63, 3.8) is 0 Å². The highest BCUT2D eigenvalue weighted by atomic mass is 32.1. The molecule has 5 nitrogen and oxygen atoms in total. The van der Waals surface area contributed by atoms with Crippen LogP contribution in [0.25, 0.3) is 0 Å². The van der Waals surface area contributed by atoms with E-state index in [-0.39, 0.29) is 11.9 Å². The Kier molecular flexibility index (Phi) is 8.41. The Morgan fingerprint density at radius 3 is 2.47 bits per heavy atom. The molecule has 0 spiro atoms. The third kappa shape index (κ3) is 6.40. The fourth-order valence-corrected chi connectivity index (χ4v) is 3.98. The first-order chi connectivity index (χ1) is 14.7. The maximum absolute atomic E-state index is 12.7. The van der Waals surface area contributed by atoms with Crippen molar-refractivity contribution in [1.82, 2.24) is 15.2 Å². The average molecular weight is 424 g/mol. The van der Waals surface area contributed by atoms with Crippen LogP contribution in [0.4, 0.5) is 0 Å². The summed E-state index contributed by atoms with van der Waals surface area (Å²) in [6, 6.07) is 17.9. The number of amides is 1. The van der Waals surface area contributed by atoms with Crippen LogP contribution in [0.1, 0.15) is 35.5 Å². The molecule has 0 bridgehead atoms. The second-order valence-electron chi connectivity index (χ2n) is 7.07. The predicted molar refractivity (Wildman–Crippen MR) is 122 cm³/mol. The van der Waals surface area contributed by atoms with Gasteiger partial charge in [-0.3, -0.25) is 9.69 Å². The van der Waals surface area contributed by atoms with Gasteiger partial charge in [-0.1, -0.05) is 44.2 Å². The van der Waals surface area contributed by atoms with Gasteiger partial charge in [0, 0.05) is 23.5 Å². The van der Waals surface area contributed by atoms with E-state index in [1.54, 1.807) is 29.0 Å². The molecule has 3 rings (SSSR count). The predicted octanol–water partition coefficient (Wildman–Crippen LogP) is 4.41. The molecule has 0 fully saturated rings. The molecular formula is C24H29N3O2S. The third-order valence-corrected chi connectivity index (χ3v) is 5.76. The van der Waals surface area contributed by atoms with E-state index in [1.807, 2.05) is 23.6 Å². The van der Waals surface area contributed by atoms with Gasteiger partial charge in [-0.15, -0.1) is 11.3 Å². The zero-order valence-electron chi connectivity index (χ0n) is 17.6. The number of hydrogen-bond donors (Lipinski definition) is 1. The Hall–Kier alpha value is -2.70. The van der Waals surface area contributed by atoms with Crippen molar-refractivity contribution >= 4 is 17.2 Å². The number of thiazole rings is 1. The quantitative estimate of drug-likeness (QED) is 0.496. The van der Waals surface area contributed by atoms with Gasteiger partial charge >= 0.3 is 0 Å². The van der Waals surface area contributed by atoms with Crippen LogP contribution in [-0.2, 0) is 13.0 Å². The number of nitrogens with zero attached hydrogens (tertiary/aromatic N) is 2. The van der Waals surface area contributed by atoms with Crippen molar-refractivity contribution in [1.29, 1.82) is 0 Å². The van der Waals surface area contributed by atoms with E-state index < -0.39 is 0 Å². The lowest BCUT2D eigenvalue weighted by atomic mass is 10.0. The summed E-state index contributed by atoms with van der Waals surface area (Å²) in [4.78, 5) is 19.3. The summed E-state index contributed by atoms with van der Waals surface area (Å²) in [5, 5.41) is 5.07. The van der Waals surface area contributed by atoms with Crippen molar-refractivity contribution in [2.45, 2.75) is 32.9 Å². The molecule has 1 heterocycles. The van der Waals surface area contributed by atoms with E-state index in [4.69, 9.17) is 4.74 Å². The SMILES string of the molecule is CCN(CC)C(CNC(=O)c1ccc(OCc2cscn2)cc1)Cc1ccccc1. The molecule has 0 radical (unpaired) electrons. The number of carbonyl (C=O) groups excluding carboxylic acids is 1. The van der Waals surface area contributed by atoms with Gasteiger partial charge in [0.15, 0.2) is 0 Å². The average Bonchev–Trinajstić information content (AvgIpc) is 3.31. The minimum atomic E-state index is -0.0636. The molecule has 1 atom stereocenters. The lowest BCUT2D eigenvalue weighted by Gasteiger charge is -2.30. The highest BCUT2D eigenvalue weighted by Crippen LogP contribution is 2.15. The van der Waals surface area contributed by atoms with Crippen molar-refractivity contribution in [3.05, 3.63) is 82.3 Å². The normalized spacial score (nSPS) is 12.0. The number of likely N-dealkylation sites (N-methyl/N-ethyl adjacent to an activating group) is 1. The van der Waals surface area contributed by atoms with Crippen molar-refractivity contribution in [2.24, 2.45) is 0 Å². The van der Waals surface area contributed by atoms with Gasteiger partial charge < -0.3 is 10.1 Å². The second-order valence-corrected chi connectivity index (χ2v) is 7.79. The molecule has 1 amide bonds. The maximum atomic E-state index is 12.7. The number of benzene rings is 2. The summed E-state index contributed by atoms with van der Waals surface area (Å²) in [5.41, 5.74) is 4.61. The molecule has 0 saturated heterocycles. The largest absolute Gasteiger partial charge is 0.487 e. The molecule has 1 N–H and O–H groups in total. The van der Waals surface area contributed by atoms with Crippen LogP contribution in [-0.4, -0.2) is 41.5 Å². The summed E-state index contributed by atoms with van der Waals surface area (Å²) in [5.74, 6) is 0.663. The number of nitrogens with one attached hydrogen (secondary N) is 1. The first-order valence-electron chi connectivity index (χ1n) is 10.4. The Labute approximate surface area is 182 Å². The van der Waals surface area contributed by atoms with Gasteiger partial charge in [-0.2, -0.15) is 0 Å². The minimum Gasteiger partial charge on any atom is -0.487 e. The van der Waals surface area contributed by atoms with E-state index >= 15 is 0 Å². The molecule has 158 valence electrons. The van der Waals surface area contributed by atoms with Crippen LogP contribution in [0.15, 0.2) is 65.5 Å². The summed E-state index contributed by atoms with van der Waals surface area (Å²) < 4.78 is 5.72. The molecule has 1 unspecified atom stereocenters. The van der Waals surface area contributed by atoms with E-state index in [2.05, 4.69) is 53.3 Å². The molecule has 6 heteroatoms. The van der Waals surface area contributed by atoms with Gasteiger partial charge in [0.25, 0.3) is 5.91 Å². The smallest absolute Gasteiger partial charge is 0.251 e. The van der Waals surface area contributed by atoms with E-state index in [0.717, 1.165) is 31.0 Å². The van der Waals surface area contributed by atoms with Gasteiger partial charge in [0.2, 0.25) is 0 Å². The molecule has 1 aromatic heterocycles. The van der Waals surface area contributed by atoms with Crippen LogP contribution in [0, 0.1) is 0 Å². The zero-order valence-corrected chi connectivity index (χ0v) is 18.4. The number of aromatic nitrogens is 1. The molecule has 0 aliphatic heterocycles. The molecule has 0 saturated carbocycles. The van der Waals surface area contributed by atoms with Crippen LogP contribution in [0.5, 0.6) is 5.75 Å². The lowest BCUT2D eigenvalue weighted by Crippen LogP contribution is -2.45. The summed E-state index contributed by atoms with van der Waals surface area (Å²) in [6.07, 6.45) is 0.909. The first kappa shape index (κ1) is 22.0. The summed E-state index contributed by atoms with van der Waals surface area (Å²) in [7, 11) is 0. The Bertz CT molecular complexity index is 879. The second kappa shape index (κ2) is 11.5. The highest BCUT2D eigenvalue weighted by Gasteiger charge is 2.18. The standard InChI is InChI=1S/C24H29N3O2S/c1-3-27(4-2)22(14-19-8-6-5-7-9-19)15-25-24(28)20-10-12-23(13-11-20)29-16-21-17-30-18-26-21/h5-13,17-18,22H,3-4,14-16H2,1-2H3,(H,25,28). The molecule has 30 heavy (non-hydrogen) atoms. The summed E-state index contributed by atoms with van der Waals surface area (Å²) >= 11 is 1.55. The maximum Gasteiger partial charge on any atom is 0.251 e. The van der Waals surface area contributed by atoms with Crippen molar-refractivity contribution in [3.8, 4) is 5.75 Å². The Morgan fingerprint density at radius 2 is 1.83 bits per heavy atom. The van der Waals surface area contributed by atoms with Gasteiger partial charge in [-0.25, -0.2) is 4.98 Å². The van der Waals surface area contributed by atoms with Gasteiger partial charge in [-0.05, 0) is 49.3 Å². The first-order valence-corrected chi connectivity index (χ1v) is 11.3. The fraction of sp³-hybridized carbons (Fsp3) is 0.333. The van der Waals surface area contributed by atoms with Gasteiger partial charge in [0.1, 0.15) is 12.4 Å². The molecule has 2 aromatic carbocycles. The Morgan fingerprint density at radius 1 is 1.10 bits per heavy atom. The topological polar surface area (TPSA) is 54.5 Å². The lowest BCUT2D eigenvalue weighted by molar-refractivity contribution is 0.0934. The number of carbonyl (C=O) groups is 1. The van der Waals surface area contributed by atoms with Crippen molar-refractivity contribution in [2.75, 3.05) is 19.6 Å². The van der Waals surface area contributed by atoms with Gasteiger partial charge in [0.05, 0.1) is 11.2 Å². The minimum absolute atomic E-state index is 0.0636. The molecule has 3 aromatic rings. The number of hydrogen-bond acceptors (Lipinski definition) is 5. The van der Waals surface area contributed by atoms with Crippen LogP contribution in [0.2, 0.25) is 0 Å². The molecular weight excluding hydrogens is 394 g/mol. The number of ether oxygens (including phenoxy) is 1. The zero-order chi connectivity index (χ0) is 21.2. The van der Waals surface area contributed by atoms with Crippen molar-refractivity contribution < 1.29 is 9.53 Å². The monoisotopic (exact) mass is 423 g/mol. The molecule has 0 aliphatic rings. The fourth-order valence-electron chi connectivity index (χ4n) is 3.44. The van der Waals surface area contributed by atoms with Crippen LogP contribution < -0.4 is 10.1 Å². The van der Waals surface area contributed by atoms with E-state index in [0.29, 0.717) is 18.7 Å². The van der Waals surface area contributed by atoms with E-state index in [9.17, 15) is 4.79 Å². The Balaban J connectivity index is 1.56. The van der Waals surface area contributed by atoms with Crippen LogP contribution in [0.3, 0.4) is 0 Å². The number of rotatable bonds is 11. The molecule has 0 aliphatic carbocycles. The third-order valence-electron chi connectivity index (χ3n) is 5.13.